The van der Waals surface area contributed by atoms with Crippen molar-refractivity contribution in [1.29, 1.82) is 0 Å². The van der Waals surface area contributed by atoms with E-state index in [2.05, 4.69) is 10.4 Å². The molecule has 0 radical (unpaired) electrons. The molecule has 0 unspecified atom stereocenters. The summed E-state index contributed by atoms with van der Waals surface area (Å²) in [6.45, 7) is 5.68. The van der Waals surface area contributed by atoms with E-state index < -0.39 is 12.7 Å². The van der Waals surface area contributed by atoms with Crippen molar-refractivity contribution in [2.24, 2.45) is 5.92 Å². The lowest BCUT2D eigenvalue weighted by Gasteiger charge is -2.31. The van der Waals surface area contributed by atoms with Crippen molar-refractivity contribution >= 4 is 11.6 Å². The maximum atomic E-state index is 12.4. The van der Waals surface area contributed by atoms with Crippen molar-refractivity contribution in [3.63, 3.8) is 0 Å². The molecule has 130 valence electrons. The van der Waals surface area contributed by atoms with E-state index in [0.29, 0.717) is 31.6 Å². The molecule has 1 fully saturated rings. The van der Waals surface area contributed by atoms with E-state index in [-0.39, 0.29) is 17.4 Å². The van der Waals surface area contributed by atoms with Gasteiger partial charge in [-0.15, -0.1) is 0 Å². The number of piperidine rings is 1. The summed E-state index contributed by atoms with van der Waals surface area (Å²) >= 11 is 0. The molecule has 0 atom stereocenters. The predicted octanol–water partition coefficient (Wildman–Crippen LogP) is 2.85. The first-order valence-corrected chi connectivity index (χ1v) is 7.70. The fourth-order valence-corrected chi connectivity index (χ4v) is 2.61. The zero-order valence-corrected chi connectivity index (χ0v) is 13.7. The molecule has 1 aromatic heterocycles. The molecule has 1 aromatic rings. The molecule has 5 nitrogen and oxygen atoms in total. The number of hydrogen-bond acceptors (Lipinski definition) is 3. The molecule has 0 saturated carbocycles. The Morgan fingerprint density at radius 3 is 2.39 bits per heavy atom. The van der Waals surface area contributed by atoms with Crippen LogP contribution in [0.3, 0.4) is 0 Å². The van der Waals surface area contributed by atoms with Crippen LogP contribution in [0.2, 0.25) is 0 Å². The molecule has 8 heteroatoms. The Balaban J connectivity index is 1.85. The van der Waals surface area contributed by atoms with Gasteiger partial charge in [0.1, 0.15) is 0 Å². The van der Waals surface area contributed by atoms with Gasteiger partial charge in [0.2, 0.25) is 5.91 Å². The first kappa shape index (κ1) is 17.8. The number of anilines is 1. The van der Waals surface area contributed by atoms with Gasteiger partial charge in [-0.25, -0.2) is 0 Å². The van der Waals surface area contributed by atoms with Crippen LogP contribution in [0.4, 0.5) is 18.9 Å². The molecule has 1 aliphatic heterocycles. The fraction of sp³-hybridized carbons (Fsp3) is 0.733. The number of carbonyl (C=O) groups excluding carboxylic acids is 1. The van der Waals surface area contributed by atoms with E-state index in [1.165, 1.54) is 4.90 Å². The van der Waals surface area contributed by atoms with Crippen LogP contribution in [0, 0.1) is 5.92 Å². The average Bonchev–Trinajstić information content (AvgIpc) is 2.86. The Hall–Kier alpha value is -1.57. The Morgan fingerprint density at radius 1 is 1.30 bits per heavy atom. The number of amides is 1. The molecule has 1 N–H and O–H groups in total. The second kappa shape index (κ2) is 6.51. The van der Waals surface area contributed by atoms with E-state index in [9.17, 15) is 18.0 Å². The lowest BCUT2D eigenvalue weighted by atomic mass is 9.96. The highest BCUT2D eigenvalue weighted by atomic mass is 19.4. The number of nitrogens with zero attached hydrogens (tertiary/aromatic N) is 3. The first-order valence-electron chi connectivity index (χ1n) is 7.70. The SMILES string of the molecule is CC(C)(C)n1cc(NC(=O)C2CCN(CC(F)(F)F)CC2)cn1. The molecule has 2 rings (SSSR count). The lowest BCUT2D eigenvalue weighted by molar-refractivity contribution is -0.149. The molecule has 0 aromatic carbocycles. The lowest BCUT2D eigenvalue weighted by Crippen LogP contribution is -2.42. The van der Waals surface area contributed by atoms with E-state index in [4.69, 9.17) is 0 Å². The summed E-state index contributed by atoms with van der Waals surface area (Å²) in [6, 6.07) is 0. The number of halogens is 3. The van der Waals surface area contributed by atoms with Gasteiger partial charge in [0.15, 0.2) is 0 Å². The first-order chi connectivity index (χ1) is 10.5. The Kier molecular flexibility index (Phi) is 5.03. The van der Waals surface area contributed by atoms with Crippen LogP contribution in [0.15, 0.2) is 12.4 Å². The minimum Gasteiger partial charge on any atom is -0.323 e. The van der Waals surface area contributed by atoms with Gasteiger partial charge in [-0.3, -0.25) is 14.4 Å². The number of rotatable bonds is 3. The van der Waals surface area contributed by atoms with Crippen molar-refractivity contribution in [2.45, 2.75) is 45.3 Å². The van der Waals surface area contributed by atoms with Crippen LogP contribution in [-0.2, 0) is 10.3 Å². The predicted molar refractivity (Wildman–Crippen MR) is 81.1 cm³/mol. The monoisotopic (exact) mass is 332 g/mol. The summed E-state index contributed by atoms with van der Waals surface area (Å²) in [5.41, 5.74) is 0.439. The van der Waals surface area contributed by atoms with Gasteiger partial charge < -0.3 is 5.32 Å². The minimum atomic E-state index is -4.18. The molecule has 1 saturated heterocycles. The summed E-state index contributed by atoms with van der Waals surface area (Å²) in [5.74, 6) is -0.400. The second-order valence-corrected chi connectivity index (χ2v) is 7.00. The van der Waals surface area contributed by atoms with E-state index in [0.717, 1.165) is 0 Å². The van der Waals surface area contributed by atoms with Crippen LogP contribution >= 0.6 is 0 Å². The second-order valence-electron chi connectivity index (χ2n) is 7.00. The van der Waals surface area contributed by atoms with Crippen molar-refractivity contribution < 1.29 is 18.0 Å². The maximum Gasteiger partial charge on any atom is 0.401 e. The van der Waals surface area contributed by atoms with Gasteiger partial charge in [0, 0.05) is 12.1 Å². The number of nitrogens with one attached hydrogen (secondary N) is 1. The number of alkyl halides is 3. The van der Waals surface area contributed by atoms with Crippen molar-refractivity contribution in [1.82, 2.24) is 14.7 Å². The zero-order chi connectivity index (χ0) is 17.3. The molecule has 1 amide bonds. The molecule has 0 bridgehead atoms. The molecular weight excluding hydrogens is 309 g/mol. The topological polar surface area (TPSA) is 50.2 Å². The summed E-state index contributed by atoms with van der Waals surface area (Å²) in [5, 5.41) is 7.01. The van der Waals surface area contributed by atoms with E-state index in [1.807, 2.05) is 20.8 Å². The van der Waals surface area contributed by atoms with Crippen LogP contribution in [-0.4, -0.2) is 46.4 Å². The number of likely N-dealkylation sites (tertiary alicyclic amines) is 1. The Morgan fingerprint density at radius 2 is 1.91 bits per heavy atom. The van der Waals surface area contributed by atoms with E-state index in [1.54, 1.807) is 17.1 Å². The maximum absolute atomic E-state index is 12.4. The molecule has 0 aliphatic carbocycles. The largest absolute Gasteiger partial charge is 0.401 e. The van der Waals surface area contributed by atoms with Gasteiger partial charge >= 0.3 is 6.18 Å². The minimum absolute atomic E-state index is 0.148. The van der Waals surface area contributed by atoms with Gasteiger partial charge in [-0.05, 0) is 46.7 Å². The summed E-state index contributed by atoms with van der Waals surface area (Å²) < 4.78 is 38.8. The standard InChI is InChI=1S/C15H23F3N4O/c1-14(2,3)22-9-12(8-19-22)20-13(23)11-4-6-21(7-5-11)10-15(16,17)18/h8-9,11H,4-7,10H2,1-3H3,(H,20,23). The third kappa shape index (κ3) is 5.23. The fourth-order valence-electron chi connectivity index (χ4n) is 2.61. The van der Waals surface area contributed by atoms with Gasteiger partial charge in [-0.2, -0.15) is 18.3 Å². The highest BCUT2D eigenvalue weighted by Gasteiger charge is 2.33. The zero-order valence-electron chi connectivity index (χ0n) is 13.7. The smallest absolute Gasteiger partial charge is 0.323 e. The van der Waals surface area contributed by atoms with Gasteiger partial charge in [0.25, 0.3) is 0 Å². The van der Waals surface area contributed by atoms with Crippen molar-refractivity contribution in [2.75, 3.05) is 25.0 Å². The van der Waals surface area contributed by atoms with Crippen molar-refractivity contribution in [3.05, 3.63) is 12.4 Å². The molecular formula is C15H23F3N4O. The quantitative estimate of drug-likeness (QED) is 0.926. The number of hydrogen-bond donors (Lipinski definition) is 1. The molecule has 23 heavy (non-hydrogen) atoms. The summed E-state index contributed by atoms with van der Waals surface area (Å²) in [6.07, 6.45) is 0.0416. The number of aromatic nitrogens is 2. The van der Waals surface area contributed by atoms with Crippen LogP contribution in [0.25, 0.3) is 0 Å². The van der Waals surface area contributed by atoms with Crippen molar-refractivity contribution in [3.8, 4) is 0 Å². The highest BCUT2D eigenvalue weighted by Crippen LogP contribution is 2.24. The average molecular weight is 332 g/mol. The van der Waals surface area contributed by atoms with E-state index >= 15 is 0 Å². The van der Waals surface area contributed by atoms with Crippen LogP contribution < -0.4 is 5.32 Å². The third-order valence-corrected chi connectivity index (χ3v) is 3.90. The van der Waals surface area contributed by atoms with Gasteiger partial charge in [-0.1, -0.05) is 0 Å². The summed E-state index contributed by atoms with van der Waals surface area (Å²) in [4.78, 5) is 13.6. The van der Waals surface area contributed by atoms with Gasteiger partial charge in [0.05, 0.1) is 24.0 Å². The van der Waals surface area contributed by atoms with Crippen LogP contribution in [0.1, 0.15) is 33.6 Å². The Bertz CT molecular complexity index is 540. The summed E-state index contributed by atoms with van der Waals surface area (Å²) in [7, 11) is 0. The molecule has 2 heterocycles. The normalized spacial score (nSPS) is 18.2. The Labute approximate surface area is 133 Å². The molecule has 0 spiro atoms. The highest BCUT2D eigenvalue weighted by molar-refractivity contribution is 5.92. The third-order valence-electron chi connectivity index (χ3n) is 3.90. The molecule has 1 aliphatic rings. The number of carbonyl (C=O) groups is 1. The van der Waals surface area contributed by atoms with Crippen LogP contribution in [0.5, 0.6) is 0 Å².